The first-order valence-corrected chi connectivity index (χ1v) is 10.0. The number of guanidine groups is 1. The molecule has 30 heavy (non-hydrogen) atoms. The number of nitrogens with one attached hydrogen (secondary N) is 1. The molecule has 0 spiro atoms. The van der Waals surface area contributed by atoms with Gasteiger partial charge in [0.05, 0.1) is 21.3 Å². The zero-order valence-corrected chi connectivity index (χ0v) is 18.2. The minimum absolute atomic E-state index is 0.617. The second kappa shape index (κ2) is 10.7. The number of piperazine rings is 1. The highest BCUT2D eigenvalue weighted by atomic mass is 16.5. The molecule has 1 N–H and O–H groups in total. The van der Waals surface area contributed by atoms with Crippen molar-refractivity contribution in [2.75, 3.05) is 54.6 Å². The summed E-state index contributed by atoms with van der Waals surface area (Å²) in [5.74, 6) is 3.26. The maximum absolute atomic E-state index is 5.52. The molecule has 8 nitrogen and oxygen atoms in total. The first-order chi connectivity index (χ1) is 14.7. The van der Waals surface area contributed by atoms with Crippen molar-refractivity contribution in [3.63, 3.8) is 0 Å². The van der Waals surface area contributed by atoms with Crippen molar-refractivity contribution in [3.05, 3.63) is 47.7 Å². The summed E-state index contributed by atoms with van der Waals surface area (Å²) in [7, 11) is 6.84. The molecular weight excluding hydrogens is 382 g/mol. The SMILES string of the molecule is CN=C(NCc1ccnc(OC)c1)N1CCN(Cc2cc(OC)ccc2OC)CC1. The number of aliphatic imine (C=N–C) groups is 1. The van der Waals surface area contributed by atoms with Crippen LogP contribution in [0.5, 0.6) is 17.4 Å². The van der Waals surface area contributed by atoms with E-state index >= 15 is 0 Å². The summed E-state index contributed by atoms with van der Waals surface area (Å²) in [4.78, 5) is 13.3. The van der Waals surface area contributed by atoms with Crippen LogP contribution in [0, 0.1) is 0 Å². The van der Waals surface area contributed by atoms with E-state index in [9.17, 15) is 0 Å². The Bertz CT molecular complexity index is 850. The molecule has 8 heteroatoms. The normalized spacial score (nSPS) is 15.1. The van der Waals surface area contributed by atoms with Crippen LogP contribution in [-0.2, 0) is 13.1 Å². The van der Waals surface area contributed by atoms with E-state index in [1.165, 1.54) is 0 Å². The zero-order chi connectivity index (χ0) is 21.3. The van der Waals surface area contributed by atoms with Crippen molar-refractivity contribution >= 4 is 5.96 Å². The van der Waals surface area contributed by atoms with Crippen LogP contribution in [0.25, 0.3) is 0 Å². The highest BCUT2D eigenvalue weighted by Crippen LogP contribution is 2.25. The van der Waals surface area contributed by atoms with Gasteiger partial charge >= 0.3 is 0 Å². The molecule has 3 rings (SSSR count). The number of hydrogen-bond donors (Lipinski definition) is 1. The number of ether oxygens (including phenoxy) is 3. The lowest BCUT2D eigenvalue weighted by Gasteiger charge is -2.36. The van der Waals surface area contributed by atoms with Crippen LogP contribution in [0.4, 0.5) is 0 Å². The van der Waals surface area contributed by atoms with Crippen LogP contribution in [0.3, 0.4) is 0 Å². The lowest BCUT2D eigenvalue weighted by Crippen LogP contribution is -2.52. The fraction of sp³-hybridized carbons (Fsp3) is 0.455. The minimum atomic E-state index is 0.617. The molecule has 2 heterocycles. The Hall–Kier alpha value is -3.00. The average molecular weight is 414 g/mol. The van der Waals surface area contributed by atoms with Gasteiger partial charge in [0.15, 0.2) is 5.96 Å². The molecule has 0 radical (unpaired) electrons. The molecule has 0 bridgehead atoms. The average Bonchev–Trinajstić information content (AvgIpc) is 2.80. The Balaban J connectivity index is 1.54. The van der Waals surface area contributed by atoms with E-state index in [1.54, 1.807) is 27.5 Å². The number of rotatable bonds is 7. The lowest BCUT2D eigenvalue weighted by molar-refractivity contribution is 0.171. The van der Waals surface area contributed by atoms with Crippen LogP contribution in [0.15, 0.2) is 41.5 Å². The van der Waals surface area contributed by atoms with Crippen molar-refractivity contribution in [1.82, 2.24) is 20.1 Å². The summed E-state index contributed by atoms with van der Waals surface area (Å²) < 4.78 is 16.1. The first-order valence-electron chi connectivity index (χ1n) is 10.0. The third-order valence-electron chi connectivity index (χ3n) is 5.22. The van der Waals surface area contributed by atoms with Gasteiger partial charge in [0.25, 0.3) is 0 Å². The van der Waals surface area contributed by atoms with Gasteiger partial charge in [-0.25, -0.2) is 4.98 Å². The summed E-state index contributed by atoms with van der Waals surface area (Å²) in [5.41, 5.74) is 2.24. The van der Waals surface area contributed by atoms with Crippen LogP contribution in [0.2, 0.25) is 0 Å². The molecule has 1 aromatic heterocycles. The molecule has 1 fully saturated rings. The summed E-state index contributed by atoms with van der Waals surface area (Å²) >= 11 is 0. The quantitative estimate of drug-likeness (QED) is 0.550. The van der Waals surface area contributed by atoms with Crippen molar-refractivity contribution in [2.24, 2.45) is 4.99 Å². The number of hydrogen-bond acceptors (Lipinski definition) is 6. The predicted molar refractivity (Wildman–Crippen MR) is 117 cm³/mol. The molecule has 0 aliphatic carbocycles. The lowest BCUT2D eigenvalue weighted by atomic mass is 10.1. The maximum Gasteiger partial charge on any atom is 0.213 e. The predicted octanol–water partition coefficient (Wildman–Crippen LogP) is 2.00. The molecule has 0 unspecified atom stereocenters. The molecular formula is C22H31N5O3. The number of methoxy groups -OCH3 is 3. The minimum Gasteiger partial charge on any atom is -0.497 e. The largest absolute Gasteiger partial charge is 0.497 e. The van der Waals surface area contributed by atoms with Gasteiger partial charge in [0.1, 0.15) is 11.5 Å². The maximum atomic E-state index is 5.52. The highest BCUT2D eigenvalue weighted by Gasteiger charge is 2.21. The van der Waals surface area contributed by atoms with E-state index in [4.69, 9.17) is 14.2 Å². The van der Waals surface area contributed by atoms with E-state index in [2.05, 4.69) is 31.2 Å². The molecule has 1 saturated heterocycles. The van der Waals surface area contributed by atoms with Crippen LogP contribution < -0.4 is 19.5 Å². The summed E-state index contributed by atoms with van der Waals surface area (Å²) in [5, 5.41) is 3.44. The third-order valence-corrected chi connectivity index (χ3v) is 5.22. The van der Waals surface area contributed by atoms with Crippen LogP contribution >= 0.6 is 0 Å². The van der Waals surface area contributed by atoms with Crippen LogP contribution in [0.1, 0.15) is 11.1 Å². The van der Waals surface area contributed by atoms with Crippen molar-refractivity contribution in [3.8, 4) is 17.4 Å². The number of benzene rings is 1. The summed E-state index contributed by atoms with van der Waals surface area (Å²) in [6, 6.07) is 9.84. The molecule has 0 amide bonds. The Morgan fingerprint density at radius 2 is 1.83 bits per heavy atom. The van der Waals surface area contributed by atoms with Gasteiger partial charge in [-0.3, -0.25) is 9.89 Å². The van der Waals surface area contributed by atoms with Gasteiger partial charge in [0, 0.05) is 64.1 Å². The number of pyridine rings is 1. The zero-order valence-electron chi connectivity index (χ0n) is 18.2. The van der Waals surface area contributed by atoms with Crippen molar-refractivity contribution < 1.29 is 14.2 Å². The van der Waals surface area contributed by atoms with E-state index in [-0.39, 0.29) is 0 Å². The number of aromatic nitrogens is 1. The van der Waals surface area contributed by atoms with Crippen molar-refractivity contribution in [2.45, 2.75) is 13.1 Å². The van der Waals surface area contributed by atoms with Gasteiger partial charge < -0.3 is 24.4 Å². The van der Waals surface area contributed by atoms with E-state index in [0.29, 0.717) is 12.4 Å². The smallest absolute Gasteiger partial charge is 0.213 e. The van der Waals surface area contributed by atoms with E-state index < -0.39 is 0 Å². The van der Waals surface area contributed by atoms with E-state index in [0.717, 1.165) is 61.3 Å². The van der Waals surface area contributed by atoms with Gasteiger partial charge in [-0.15, -0.1) is 0 Å². The molecule has 2 aromatic rings. The Labute approximate surface area is 178 Å². The van der Waals surface area contributed by atoms with Crippen LogP contribution in [-0.4, -0.2) is 75.3 Å². The third kappa shape index (κ3) is 5.54. The Morgan fingerprint density at radius 1 is 1.03 bits per heavy atom. The molecule has 0 saturated carbocycles. The fourth-order valence-electron chi connectivity index (χ4n) is 3.55. The van der Waals surface area contributed by atoms with Gasteiger partial charge in [-0.05, 0) is 29.8 Å². The van der Waals surface area contributed by atoms with E-state index in [1.807, 2.05) is 31.3 Å². The molecule has 162 valence electrons. The van der Waals surface area contributed by atoms with Gasteiger partial charge in [0.2, 0.25) is 5.88 Å². The fourth-order valence-corrected chi connectivity index (χ4v) is 3.55. The standard InChI is InChI=1S/C22H31N5O3/c1-23-22(25-15-17-7-8-24-21(13-17)30-4)27-11-9-26(10-12-27)16-18-14-19(28-2)5-6-20(18)29-3/h5-8,13-14H,9-12,15-16H2,1-4H3,(H,23,25). The van der Waals surface area contributed by atoms with Gasteiger partial charge in [-0.1, -0.05) is 0 Å². The van der Waals surface area contributed by atoms with Gasteiger partial charge in [-0.2, -0.15) is 0 Å². The monoisotopic (exact) mass is 413 g/mol. The highest BCUT2D eigenvalue weighted by molar-refractivity contribution is 5.80. The second-order valence-corrected chi connectivity index (χ2v) is 7.05. The topological polar surface area (TPSA) is 71.5 Å². The Kier molecular flexibility index (Phi) is 7.73. The molecule has 1 aliphatic rings. The Morgan fingerprint density at radius 3 is 2.50 bits per heavy atom. The first kappa shape index (κ1) is 21.7. The molecule has 1 aromatic carbocycles. The molecule has 1 aliphatic heterocycles. The van der Waals surface area contributed by atoms with Crippen molar-refractivity contribution in [1.29, 1.82) is 0 Å². The summed E-state index contributed by atoms with van der Waals surface area (Å²) in [6.07, 6.45) is 1.75. The molecule has 0 atom stereocenters. The second-order valence-electron chi connectivity index (χ2n) is 7.05. The number of nitrogens with zero attached hydrogens (tertiary/aromatic N) is 4. The summed E-state index contributed by atoms with van der Waals surface area (Å²) in [6.45, 7) is 5.22.